The first-order valence-corrected chi connectivity index (χ1v) is 8.61. The summed E-state index contributed by atoms with van der Waals surface area (Å²) in [6.45, 7) is 1.79. The van der Waals surface area contributed by atoms with Crippen LogP contribution in [0.15, 0.2) is 18.2 Å². The highest BCUT2D eigenvalue weighted by Gasteiger charge is 2.32. The van der Waals surface area contributed by atoms with Gasteiger partial charge in [0.15, 0.2) is 6.10 Å². The van der Waals surface area contributed by atoms with Gasteiger partial charge in [0.05, 0.1) is 16.6 Å². The second kappa shape index (κ2) is 8.47. The smallest absolute Gasteiger partial charge is 0.401 e. The summed E-state index contributed by atoms with van der Waals surface area (Å²) >= 11 is 11.7. The van der Waals surface area contributed by atoms with E-state index in [0.29, 0.717) is 35.3 Å². The van der Waals surface area contributed by atoms with Crippen LogP contribution in [-0.2, 0) is 4.79 Å². The molecule has 1 aliphatic heterocycles. The number of rotatable bonds is 4. The molecule has 140 valence electrons. The molecule has 1 aromatic carbocycles. The Bertz CT molecular complexity index is 614. The monoisotopic (exact) mass is 398 g/mol. The molecule has 25 heavy (non-hydrogen) atoms. The van der Waals surface area contributed by atoms with Crippen molar-refractivity contribution in [3.8, 4) is 5.75 Å². The number of ether oxygens (including phenoxy) is 1. The molecule has 0 N–H and O–H groups in total. The van der Waals surface area contributed by atoms with Gasteiger partial charge in [-0.05, 0) is 25.5 Å². The molecule has 1 fully saturated rings. The average molecular weight is 399 g/mol. The molecule has 0 spiro atoms. The summed E-state index contributed by atoms with van der Waals surface area (Å²) in [5.74, 6) is 0.142. The fourth-order valence-corrected chi connectivity index (χ4v) is 2.95. The number of hydrogen-bond acceptors (Lipinski definition) is 3. The highest BCUT2D eigenvalue weighted by atomic mass is 35.5. The van der Waals surface area contributed by atoms with E-state index in [1.165, 1.54) is 11.0 Å². The van der Waals surface area contributed by atoms with Crippen LogP contribution < -0.4 is 4.74 Å². The summed E-state index contributed by atoms with van der Waals surface area (Å²) in [6.07, 6.45) is -4.52. The van der Waals surface area contributed by atoms with Gasteiger partial charge in [-0.15, -0.1) is 0 Å². The molecule has 0 bridgehead atoms. The maximum absolute atomic E-state index is 12.5. The molecular formula is C16H19Cl2F3N2O2. The van der Waals surface area contributed by atoms with Crippen LogP contribution in [-0.4, -0.2) is 60.7 Å². The van der Waals surface area contributed by atoms with Gasteiger partial charge in [0.2, 0.25) is 0 Å². The fourth-order valence-electron chi connectivity index (χ4n) is 2.66. The van der Waals surface area contributed by atoms with Gasteiger partial charge in [-0.25, -0.2) is 0 Å². The van der Waals surface area contributed by atoms with Crippen LogP contribution in [0.4, 0.5) is 13.2 Å². The number of benzene rings is 1. The number of alkyl halides is 3. The Labute approximate surface area is 154 Å². The lowest BCUT2D eigenvalue weighted by atomic mass is 10.3. The van der Waals surface area contributed by atoms with E-state index in [-0.39, 0.29) is 19.0 Å². The summed E-state index contributed by atoms with van der Waals surface area (Å²) in [5, 5.41) is 0.696. The first-order chi connectivity index (χ1) is 11.7. The van der Waals surface area contributed by atoms with Gasteiger partial charge in [-0.1, -0.05) is 23.2 Å². The van der Waals surface area contributed by atoms with Crippen molar-refractivity contribution in [1.29, 1.82) is 0 Å². The Morgan fingerprint density at radius 1 is 1.20 bits per heavy atom. The van der Waals surface area contributed by atoms with E-state index in [9.17, 15) is 18.0 Å². The summed E-state index contributed by atoms with van der Waals surface area (Å²) in [7, 11) is 0. The maximum Gasteiger partial charge on any atom is 0.401 e. The van der Waals surface area contributed by atoms with Crippen LogP contribution in [0.5, 0.6) is 5.75 Å². The number of carbonyl (C=O) groups is 1. The van der Waals surface area contributed by atoms with Gasteiger partial charge in [-0.2, -0.15) is 13.2 Å². The molecule has 1 unspecified atom stereocenters. The van der Waals surface area contributed by atoms with E-state index in [1.54, 1.807) is 24.0 Å². The Kier molecular flexibility index (Phi) is 6.82. The van der Waals surface area contributed by atoms with Crippen molar-refractivity contribution >= 4 is 29.1 Å². The minimum Gasteiger partial charge on any atom is -0.481 e. The van der Waals surface area contributed by atoms with Crippen LogP contribution in [0, 0.1) is 0 Å². The third kappa shape index (κ3) is 6.24. The number of amides is 1. The topological polar surface area (TPSA) is 32.8 Å². The van der Waals surface area contributed by atoms with E-state index in [0.717, 1.165) is 0 Å². The molecule has 0 saturated carbocycles. The Balaban J connectivity index is 1.91. The van der Waals surface area contributed by atoms with Crippen LogP contribution in [0.25, 0.3) is 0 Å². The molecule has 0 radical (unpaired) electrons. The molecule has 0 aromatic heterocycles. The minimum absolute atomic E-state index is 0.185. The fraction of sp³-hybridized carbons (Fsp3) is 0.562. The van der Waals surface area contributed by atoms with Crippen LogP contribution >= 0.6 is 23.2 Å². The molecule has 1 heterocycles. The second-order valence-electron chi connectivity index (χ2n) is 5.91. The predicted octanol–water partition coefficient (Wildman–Crippen LogP) is 3.86. The molecule has 1 amide bonds. The van der Waals surface area contributed by atoms with Gasteiger partial charge in [-0.3, -0.25) is 9.69 Å². The van der Waals surface area contributed by atoms with Gasteiger partial charge >= 0.3 is 6.18 Å². The molecule has 2 rings (SSSR count). The molecule has 4 nitrogen and oxygen atoms in total. The zero-order valence-corrected chi connectivity index (χ0v) is 15.2. The van der Waals surface area contributed by atoms with E-state index in [2.05, 4.69) is 0 Å². The van der Waals surface area contributed by atoms with Crippen molar-refractivity contribution in [2.75, 3.05) is 32.7 Å². The number of nitrogens with zero attached hydrogens (tertiary/aromatic N) is 2. The summed E-state index contributed by atoms with van der Waals surface area (Å²) in [5.41, 5.74) is 0. The SMILES string of the molecule is CC(Oc1ccc(Cl)c(Cl)c1)C(=O)N1CCCN(CC(F)(F)F)CC1. The van der Waals surface area contributed by atoms with Gasteiger partial charge in [0.1, 0.15) is 5.75 Å². The van der Waals surface area contributed by atoms with Crippen molar-refractivity contribution < 1.29 is 22.7 Å². The minimum atomic E-state index is -4.23. The predicted molar refractivity (Wildman–Crippen MR) is 90.2 cm³/mol. The Morgan fingerprint density at radius 2 is 1.92 bits per heavy atom. The summed E-state index contributed by atoms with van der Waals surface area (Å²) in [4.78, 5) is 15.4. The quantitative estimate of drug-likeness (QED) is 0.771. The zero-order chi connectivity index (χ0) is 18.6. The van der Waals surface area contributed by atoms with Gasteiger partial charge in [0, 0.05) is 32.2 Å². The molecule has 9 heteroatoms. The van der Waals surface area contributed by atoms with E-state index >= 15 is 0 Å². The Morgan fingerprint density at radius 3 is 2.56 bits per heavy atom. The molecule has 0 aliphatic carbocycles. The van der Waals surface area contributed by atoms with Crippen LogP contribution in [0.1, 0.15) is 13.3 Å². The lowest BCUT2D eigenvalue weighted by Crippen LogP contribution is -2.43. The van der Waals surface area contributed by atoms with E-state index in [1.807, 2.05) is 0 Å². The molecular weight excluding hydrogens is 380 g/mol. The van der Waals surface area contributed by atoms with Gasteiger partial charge < -0.3 is 9.64 Å². The standard InChI is InChI=1S/C16H19Cl2F3N2O2/c1-11(25-12-3-4-13(17)14(18)9-12)15(24)23-6-2-5-22(7-8-23)10-16(19,20)21/h3-4,9,11H,2,5-8,10H2,1H3. The number of halogens is 5. The summed E-state index contributed by atoms with van der Waals surface area (Å²) in [6, 6.07) is 4.68. The highest BCUT2D eigenvalue weighted by Crippen LogP contribution is 2.27. The third-order valence-corrected chi connectivity index (χ3v) is 4.59. The molecule has 1 saturated heterocycles. The van der Waals surface area contributed by atoms with E-state index < -0.39 is 18.8 Å². The lowest BCUT2D eigenvalue weighted by Gasteiger charge is -2.25. The first-order valence-electron chi connectivity index (χ1n) is 7.85. The largest absolute Gasteiger partial charge is 0.481 e. The first kappa shape index (κ1) is 20.1. The van der Waals surface area contributed by atoms with Crippen molar-refractivity contribution in [2.45, 2.75) is 25.6 Å². The van der Waals surface area contributed by atoms with Crippen molar-refractivity contribution in [3.63, 3.8) is 0 Å². The zero-order valence-electron chi connectivity index (χ0n) is 13.7. The van der Waals surface area contributed by atoms with Crippen molar-refractivity contribution in [2.24, 2.45) is 0 Å². The molecule has 1 aliphatic rings. The van der Waals surface area contributed by atoms with Gasteiger partial charge in [0.25, 0.3) is 5.91 Å². The molecule has 1 atom stereocenters. The number of hydrogen-bond donors (Lipinski definition) is 0. The second-order valence-corrected chi connectivity index (χ2v) is 6.72. The normalized spacial score (nSPS) is 17.9. The van der Waals surface area contributed by atoms with E-state index in [4.69, 9.17) is 27.9 Å². The Hall–Kier alpha value is -1.18. The average Bonchev–Trinajstić information content (AvgIpc) is 2.74. The van der Waals surface area contributed by atoms with Crippen molar-refractivity contribution in [3.05, 3.63) is 28.2 Å². The third-order valence-electron chi connectivity index (χ3n) is 3.85. The summed E-state index contributed by atoms with van der Waals surface area (Å²) < 4.78 is 43.1. The highest BCUT2D eigenvalue weighted by molar-refractivity contribution is 6.42. The van der Waals surface area contributed by atoms with Crippen LogP contribution in [0.3, 0.4) is 0 Å². The maximum atomic E-state index is 12.5. The number of carbonyl (C=O) groups excluding carboxylic acids is 1. The van der Waals surface area contributed by atoms with Crippen molar-refractivity contribution in [1.82, 2.24) is 9.80 Å². The lowest BCUT2D eigenvalue weighted by molar-refractivity contribution is -0.145. The van der Waals surface area contributed by atoms with Crippen LogP contribution in [0.2, 0.25) is 10.0 Å². The molecule has 1 aromatic rings.